The molecule has 1 unspecified atom stereocenters. The van der Waals surface area contributed by atoms with Crippen LogP contribution in [0.25, 0.3) is 0 Å². The minimum Gasteiger partial charge on any atom is -0.387 e. The molecule has 2 N–H and O–H groups in total. The number of hydrogen-bond donors (Lipinski definition) is 2. The second-order valence-electron chi connectivity index (χ2n) is 5.37. The maximum atomic E-state index is 13.3. The van der Waals surface area contributed by atoms with E-state index in [1.807, 2.05) is 6.07 Å². The van der Waals surface area contributed by atoms with E-state index in [1.54, 1.807) is 0 Å². The molecule has 1 spiro atoms. The molecule has 3 heteroatoms. The van der Waals surface area contributed by atoms with E-state index in [-0.39, 0.29) is 11.2 Å². The van der Waals surface area contributed by atoms with Crippen molar-refractivity contribution in [1.29, 1.82) is 0 Å². The van der Waals surface area contributed by atoms with Crippen LogP contribution in [0.1, 0.15) is 42.9 Å². The van der Waals surface area contributed by atoms with Crippen molar-refractivity contribution in [3.8, 4) is 0 Å². The fraction of sp³-hybridized carbons (Fsp3) is 0.571. The molecule has 2 nitrogen and oxygen atoms in total. The molecular formula is C14H18FNO. The van der Waals surface area contributed by atoms with Crippen LogP contribution in [-0.4, -0.2) is 18.2 Å². The molecule has 92 valence electrons. The molecule has 1 aromatic rings. The highest BCUT2D eigenvalue weighted by Crippen LogP contribution is 2.44. The largest absolute Gasteiger partial charge is 0.387 e. The quantitative estimate of drug-likeness (QED) is 0.723. The topological polar surface area (TPSA) is 32.3 Å². The fourth-order valence-electron chi connectivity index (χ4n) is 3.44. The Hall–Kier alpha value is -0.930. The minimum absolute atomic E-state index is 0.126. The lowest BCUT2D eigenvalue weighted by atomic mass is 9.76. The second-order valence-corrected chi connectivity index (χ2v) is 5.37. The van der Waals surface area contributed by atoms with Gasteiger partial charge in [0.15, 0.2) is 0 Å². The van der Waals surface area contributed by atoms with Crippen LogP contribution in [0.15, 0.2) is 18.2 Å². The second kappa shape index (κ2) is 4.07. The average molecular weight is 235 g/mol. The minimum atomic E-state index is -0.583. The predicted molar refractivity (Wildman–Crippen MR) is 64.4 cm³/mol. The molecule has 1 aliphatic carbocycles. The van der Waals surface area contributed by atoms with Crippen LogP contribution in [0, 0.1) is 5.82 Å². The molecule has 1 heterocycles. The van der Waals surface area contributed by atoms with Gasteiger partial charge in [-0.05, 0) is 36.1 Å². The van der Waals surface area contributed by atoms with Gasteiger partial charge in [-0.25, -0.2) is 4.39 Å². The van der Waals surface area contributed by atoms with Crippen LogP contribution in [0.4, 0.5) is 4.39 Å². The van der Waals surface area contributed by atoms with Crippen molar-refractivity contribution in [1.82, 2.24) is 5.32 Å². The standard InChI is InChI=1S/C14H18FNO/c15-10-3-4-12-11(7-10)13(17)8-16-9-14(12)5-1-2-6-14/h3-4,7,13,16-17H,1-2,5-6,8-9H2. The molecule has 0 amide bonds. The van der Waals surface area contributed by atoms with Crippen molar-refractivity contribution in [2.24, 2.45) is 0 Å². The maximum Gasteiger partial charge on any atom is 0.123 e. The Labute approximate surface area is 101 Å². The summed E-state index contributed by atoms with van der Waals surface area (Å²) in [6.45, 7) is 1.43. The molecule has 1 aromatic carbocycles. The summed E-state index contributed by atoms with van der Waals surface area (Å²) in [4.78, 5) is 0. The van der Waals surface area contributed by atoms with Crippen LogP contribution in [0.3, 0.4) is 0 Å². The predicted octanol–water partition coefficient (Wildman–Crippen LogP) is 2.27. The molecule has 1 aliphatic heterocycles. The van der Waals surface area contributed by atoms with E-state index in [4.69, 9.17) is 0 Å². The smallest absolute Gasteiger partial charge is 0.123 e. The molecule has 0 bridgehead atoms. The molecular weight excluding hydrogens is 217 g/mol. The van der Waals surface area contributed by atoms with Gasteiger partial charge >= 0.3 is 0 Å². The van der Waals surface area contributed by atoms with E-state index in [0.29, 0.717) is 6.54 Å². The van der Waals surface area contributed by atoms with Gasteiger partial charge in [0, 0.05) is 18.5 Å². The number of aliphatic hydroxyl groups excluding tert-OH is 1. The van der Waals surface area contributed by atoms with E-state index in [1.165, 1.54) is 25.0 Å². The van der Waals surface area contributed by atoms with Crippen molar-refractivity contribution >= 4 is 0 Å². The third-order valence-electron chi connectivity index (χ3n) is 4.31. The average Bonchev–Trinajstić information content (AvgIpc) is 2.73. The lowest BCUT2D eigenvalue weighted by Gasteiger charge is -2.29. The number of aliphatic hydroxyl groups is 1. The zero-order valence-electron chi connectivity index (χ0n) is 9.88. The lowest BCUT2D eigenvalue weighted by molar-refractivity contribution is 0.177. The Morgan fingerprint density at radius 3 is 2.82 bits per heavy atom. The number of nitrogens with one attached hydrogen (secondary N) is 1. The molecule has 0 saturated heterocycles. The van der Waals surface area contributed by atoms with Crippen molar-refractivity contribution in [2.75, 3.05) is 13.1 Å². The van der Waals surface area contributed by atoms with E-state index < -0.39 is 6.10 Å². The Kier molecular flexibility index (Phi) is 2.68. The Morgan fingerprint density at radius 1 is 1.29 bits per heavy atom. The van der Waals surface area contributed by atoms with E-state index in [2.05, 4.69) is 5.32 Å². The zero-order valence-corrected chi connectivity index (χ0v) is 9.88. The van der Waals surface area contributed by atoms with Crippen molar-refractivity contribution < 1.29 is 9.50 Å². The summed E-state index contributed by atoms with van der Waals surface area (Å²) in [5, 5.41) is 13.4. The van der Waals surface area contributed by atoms with Crippen LogP contribution >= 0.6 is 0 Å². The molecule has 1 fully saturated rings. The third-order valence-corrected chi connectivity index (χ3v) is 4.31. The monoisotopic (exact) mass is 235 g/mol. The van der Waals surface area contributed by atoms with Crippen molar-refractivity contribution in [2.45, 2.75) is 37.2 Å². The SMILES string of the molecule is OC1CNCC2(CCCC2)c2ccc(F)cc21. The van der Waals surface area contributed by atoms with Gasteiger partial charge in [0.2, 0.25) is 0 Å². The molecule has 0 radical (unpaired) electrons. The Morgan fingerprint density at radius 2 is 2.06 bits per heavy atom. The number of hydrogen-bond acceptors (Lipinski definition) is 2. The number of benzene rings is 1. The highest BCUT2D eigenvalue weighted by Gasteiger charge is 2.39. The molecule has 1 saturated carbocycles. The number of rotatable bonds is 0. The molecule has 1 atom stereocenters. The van der Waals surface area contributed by atoms with Gasteiger partial charge in [-0.15, -0.1) is 0 Å². The first kappa shape index (κ1) is 11.2. The summed E-state index contributed by atoms with van der Waals surface area (Å²) in [5.41, 5.74) is 2.08. The van der Waals surface area contributed by atoms with Gasteiger partial charge in [0.05, 0.1) is 6.10 Å². The van der Waals surface area contributed by atoms with Gasteiger partial charge in [0.25, 0.3) is 0 Å². The van der Waals surface area contributed by atoms with Gasteiger partial charge in [0.1, 0.15) is 5.82 Å². The highest BCUT2D eigenvalue weighted by molar-refractivity contribution is 5.39. The van der Waals surface area contributed by atoms with E-state index >= 15 is 0 Å². The first-order chi connectivity index (χ1) is 8.21. The zero-order chi connectivity index (χ0) is 11.9. The fourth-order valence-corrected chi connectivity index (χ4v) is 3.44. The molecule has 0 aromatic heterocycles. The first-order valence-corrected chi connectivity index (χ1v) is 6.40. The Balaban J connectivity index is 2.13. The van der Waals surface area contributed by atoms with Crippen LogP contribution in [0.5, 0.6) is 0 Å². The van der Waals surface area contributed by atoms with Gasteiger partial charge in [-0.2, -0.15) is 0 Å². The summed E-state index contributed by atoms with van der Waals surface area (Å²) in [6, 6.07) is 4.91. The summed E-state index contributed by atoms with van der Waals surface area (Å²) in [7, 11) is 0. The van der Waals surface area contributed by atoms with Crippen molar-refractivity contribution in [3.63, 3.8) is 0 Å². The summed E-state index contributed by atoms with van der Waals surface area (Å²) in [6.07, 6.45) is 4.17. The van der Waals surface area contributed by atoms with Gasteiger partial charge in [-0.1, -0.05) is 18.9 Å². The normalized spacial score (nSPS) is 26.8. The summed E-state index contributed by atoms with van der Waals surface area (Å²) in [5.74, 6) is -0.252. The van der Waals surface area contributed by atoms with E-state index in [9.17, 15) is 9.50 Å². The van der Waals surface area contributed by atoms with Crippen LogP contribution in [0.2, 0.25) is 0 Å². The molecule has 17 heavy (non-hydrogen) atoms. The van der Waals surface area contributed by atoms with Gasteiger partial charge < -0.3 is 10.4 Å². The highest BCUT2D eigenvalue weighted by atomic mass is 19.1. The molecule has 2 aliphatic rings. The number of fused-ring (bicyclic) bond motifs is 2. The van der Waals surface area contributed by atoms with Crippen LogP contribution < -0.4 is 5.32 Å². The summed E-state index contributed by atoms with van der Waals surface area (Å²) >= 11 is 0. The maximum absolute atomic E-state index is 13.3. The number of halogens is 1. The van der Waals surface area contributed by atoms with Crippen LogP contribution in [-0.2, 0) is 5.41 Å². The number of β-amino-alcohol motifs (C(OH)–C–C–N with tert-alkyl or cyclic N) is 1. The third kappa shape index (κ3) is 1.78. The first-order valence-electron chi connectivity index (χ1n) is 6.40. The van der Waals surface area contributed by atoms with Crippen molar-refractivity contribution in [3.05, 3.63) is 35.1 Å². The van der Waals surface area contributed by atoms with E-state index in [0.717, 1.165) is 30.5 Å². The van der Waals surface area contributed by atoms with Gasteiger partial charge in [-0.3, -0.25) is 0 Å². The lowest BCUT2D eigenvalue weighted by Crippen LogP contribution is -2.34. The Bertz CT molecular complexity index is 426. The summed E-state index contributed by atoms with van der Waals surface area (Å²) < 4.78 is 13.3. The molecule has 3 rings (SSSR count).